The number of aromatic nitrogens is 2. The van der Waals surface area contributed by atoms with Crippen LogP contribution in [0.25, 0.3) is 0 Å². The molecule has 0 aliphatic heterocycles. The predicted octanol–water partition coefficient (Wildman–Crippen LogP) is 3.71. The first kappa shape index (κ1) is 24.2. The molecule has 2 aromatic rings. The maximum absolute atomic E-state index is 13.8. The van der Waals surface area contributed by atoms with Crippen molar-refractivity contribution in [1.82, 2.24) is 20.4 Å². The van der Waals surface area contributed by atoms with E-state index in [9.17, 15) is 4.39 Å². The summed E-state index contributed by atoms with van der Waals surface area (Å²) >= 11 is 0. The average molecular weight is 503 g/mol. The summed E-state index contributed by atoms with van der Waals surface area (Å²) in [5.41, 5.74) is 3.23. The van der Waals surface area contributed by atoms with E-state index in [1.54, 1.807) is 18.2 Å². The average Bonchev–Trinajstić information content (AvgIpc) is 2.89. The van der Waals surface area contributed by atoms with Gasteiger partial charge in [-0.15, -0.1) is 24.0 Å². The molecular formula is C20H31FIN5O. The third-order valence-electron chi connectivity index (χ3n) is 4.48. The molecule has 0 aliphatic rings. The first-order chi connectivity index (χ1) is 13.0. The highest BCUT2D eigenvalue weighted by atomic mass is 127. The second kappa shape index (κ2) is 11.9. The van der Waals surface area contributed by atoms with Crippen LogP contribution in [0.1, 0.15) is 37.2 Å². The molecule has 1 heterocycles. The molecule has 1 unspecified atom stereocenters. The van der Waals surface area contributed by atoms with Crippen molar-refractivity contribution < 1.29 is 9.13 Å². The highest BCUT2D eigenvalue weighted by Gasteiger charge is 2.13. The number of hydrogen-bond acceptors (Lipinski definition) is 3. The van der Waals surface area contributed by atoms with Crippen LogP contribution in [0.2, 0.25) is 0 Å². The van der Waals surface area contributed by atoms with E-state index >= 15 is 0 Å². The molecule has 2 N–H and O–H groups in total. The van der Waals surface area contributed by atoms with E-state index in [1.165, 1.54) is 6.07 Å². The Morgan fingerprint density at radius 2 is 1.96 bits per heavy atom. The first-order valence-corrected chi connectivity index (χ1v) is 9.38. The molecular weight excluding hydrogens is 472 g/mol. The maximum Gasteiger partial charge on any atom is 0.191 e. The number of hydrogen-bond donors (Lipinski definition) is 2. The molecule has 1 atom stereocenters. The van der Waals surface area contributed by atoms with Crippen LogP contribution in [0.5, 0.6) is 5.75 Å². The van der Waals surface area contributed by atoms with E-state index in [2.05, 4.69) is 20.7 Å². The van der Waals surface area contributed by atoms with Crippen molar-refractivity contribution in [3.63, 3.8) is 0 Å². The Bertz CT molecular complexity index is 778. The number of nitrogens with zero attached hydrogens (tertiary/aromatic N) is 3. The van der Waals surface area contributed by atoms with Crippen LogP contribution in [0, 0.1) is 19.7 Å². The van der Waals surface area contributed by atoms with Gasteiger partial charge in [0.05, 0.1) is 18.8 Å². The number of halogens is 2. The number of ether oxygens (including phenoxy) is 1. The van der Waals surface area contributed by atoms with Crippen molar-refractivity contribution in [3.8, 4) is 5.75 Å². The summed E-state index contributed by atoms with van der Waals surface area (Å²) < 4.78 is 21.5. The van der Waals surface area contributed by atoms with Crippen LogP contribution in [0.4, 0.5) is 4.39 Å². The topological polar surface area (TPSA) is 63.5 Å². The fourth-order valence-corrected chi connectivity index (χ4v) is 2.75. The summed E-state index contributed by atoms with van der Waals surface area (Å²) in [6.45, 7) is 9.90. The Morgan fingerprint density at radius 3 is 2.54 bits per heavy atom. The summed E-state index contributed by atoms with van der Waals surface area (Å²) in [6, 6.07) is 6.47. The Hall–Kier alpha value is -1.84. The number of benzene rings is 1. The highest BCUT2D eigenvalue weighted by molar-refractivity contribution is 14.0. The number of guanidine groups is 1. The summed E-state index contributed by atoms with van der Waals surface area (Å²) in [6.07, 6.45) is 0.592. The minimum atomic E-state index is -0.348. The lowest BCUT2D eigenvalue weighted by Gasteiger charge is -2.20. The number of nitrogens with one attached hydrogen (secondary N) is 2. The van der Waals surface area contributed by atoms with Gasteiger partial charge in [0.15, 0.2) is 17.5 Å². The molecule has 0 amide bonds. The monoisotopic (exact) mass is 503 g/mol. The summed E-state index contributed by atoms with van der Waals surface area (Å²) in [5.74, 6) is 0.629. The van der Waals surface area contributed by atoms with Gasteiger partial charge >= 0.3 is 0 Å². The lowest BCUT2D eigenvalue weighted by atomic mass is 10.2. The molecule has 0 fully saturated rings. The summed E-state index contributed by atoms with van der Waals surface area (Å²) in [7, 11) is 1.94. The van der Waals surface area contributed by atoms with Crippen LogP contribution < -0.4 is 15.4 Å². The molecule has 1 aromatic heterocycles. The van der Waals surface area contributed by atoms with Crippen LogP contribution in [0.3, 0.4) is 0 Å². The van der Waals surface area contributed by atoms with E-state index in [-0.39, 0.29) is 41.6 Å². The van der Waals surface area contributed by atoms with Crippen molar-refractivity contribution in [2.24, 2.45) is 12.0 Å². The molecule has 0 radical (unpaired) electrons. The van der Waals surface area contributed by atoms with E-state index in [0.717, 1.165) is 29.9 Å². The molecule has 0 saturated carbocycles. The van der Waals surface area contributed by atoms with Gasteiger partial charge in [-0.25, -0.2) is 9.38 Å². The van der Waals surface area contributed by atoms with Gasteiger partial charge in [0, 0.05) is 24.8 Å². The van der Waals surface area contributed by atoms with Crippen molar-refractivity contribution in [2.45, 2.75) is 46.8 Å². The summed E-state index contributed by atoms with van der Waals surface area (Å²) in [4.78, 5) is 4.66. The van der Waals surface area contributed by atoms with Crippen LogP contribution in [-0.4, -0.2) is 34.9 Å². The fourth-order valence-electron chi connectivity index (χ4n) is 2.75. The number of aryl methyl sites for hydroxylation is 2. The zero-order valence-electron chi connectivity index (χ0n) is 17.3. The van der Waals surface area contributed by atoms with Crippen LogP contribution in [0.15, 0.2) is 29.3 Å². The molecule has 156 valence electrons. The Kier molecular flexibility index (Phi) is 10.3. The van der Waals surface area contributed by atoms with Crippen molar-refractivity contribution >= 4 is 29.9 Å². The lowest BCUT2D eigenvalue weighted by Crippen LogP contribution is -2.42. The Balaban J connectivity index is 0.00000392. The molecule has 0 saturated heterocycles. The molecule has 0 aliphatic carbocycles. The minimum Gasteiger partial charge on any atom is -0.486 e. The van der Waals surface area contributed by atoms with Crippen molar-refractivity contribution in [3.05, 3.63) is 47.0 Å². The van der Waals surface area contributed by atoms with Gasteiger partial charge in [0.2, 0.25) is 0 Å². The molecule has 0 spiro atoms. The second-order valence-electron chi connectivity index (χ2n) is 6.43. The van der Waals surface area contributed by atoms with Gasteiger partial charge < -0.3 is 15.4 Å². The molecule has 1 aromatic carbocycles. The van der Waals surface area contributed by atoms with Crippen molar-refractivity contribution in [1.29, 1.82) is 0 Å². The van der Waals surface area contributed by atoms with Crippen LogP contribution in [-0.2, 0) is 13.6 Å². The van der Waals surface area contributed by atoms with Crippen LogP contribution >= 0.6 is 24.0 Å². The van der Waals surface area contributed by atoms with Gasteiger partial charge in [0.1, 0.15) is 6.10 Å². The first-order valence-electron chi connectivity index (χ1n) is 9.38. The highest BCUT2D eigenvalue weighted by Crippen LogP contribution is 2.18. The molecule has 0 bridgehead atoms. The smallest absolute Gasteiger partial charge is 0.191 e. The van der Waals surface area contributed by atoms with Crippen molar-refractivity contribution in [2.75, 3.05) is 13.1 Å². The third-order valence-corrected chi connectivity index (χ3v) is 4.48. The maximum atomic E-state index is 13.8. The number of rotatable bonds is 8. The van der Waals surface area contributed by atoms with E-state index < -0.39 is 0 Å². The molecule has 28 heavy (non-hydrogen) atoms. The fraction of sp³-hybridized carbons (Fsp3) is 0.500. The number of aliphatic imine (C=N–C) groups is 1. The van der Waals surface area contributed by atoms with Gasteiger partial charge in [-0.1, -0.05) is 19.1 Å². The molecule has 8 heteroatoms. The minimum absolute atomic E-state index is 0. The zero-order valence-corrected chi connectivity index (χ0v) is 19.6. The third kappa shape index (κ3) is 6.65. The lowest BCUT2D eigenvalue weighted by molar-refractivity contribution is 0.191. The van der Waals surface area contributed by atoms with Gasteiger partial charge in [-0.2, -0.15) is 5.10 Å². The second-order valence-corrected chi connectivity index (χ2v) is 6.43. The molecule has 6 nitrogen and oxygen atoms in total. The summed E-state index contributed by atoms with van der Waals surface area (Å²) in [5, 5.41) is 11.0. The SMILES string of the molecule is CCNC(=NCc1c(C)nn(C)c1C)NCC(CC)Oc1ccccc1F.I. The van der Waals surface area contributed by atoms with E-state index in [1.807, 2.05) is 39.4 Å². The van der Waals surface area contributed by atoms with Gasteiger partial charge in [0.25, 0.3) is 0 Å². The Morgan fingerprint density at radius 1 is 1.25 bits per heavy atom. The zero-order chi connectivity index (χ0) is 19.8. The Labute approximate surface area is 184 Å². The standard InChI is InChI=1S/C20H30FN5O.HI/c1-6-16(27-19-11-9-8-10-18(19)21)12-23-20(22-7-2)24-13-17-14(3)25-26(5)15(17)4;/h8-11,16H,6-7,12-13H2,1-5H3,(H2,22,23,24);1H. The van der Waals surface area contributed by atoms with E-state index in [4.69, 9.17) is 4.74 Å². The largest absolute Gasteiger partial charge is 0.486 e. The van der Waals surface area contributed by atoms with E-state index in [0.29, 0.717) is 19.0 Å². The quantitative estimate of drug-likeness (QED) is 0.328. The van der Waals surface area contributed by atoms with Gasteiger partial charge in [-0.3, -0.25) is 4.68 Å². The normalized spacial score (nSPS) is 12.3. The number of para-hydroxylation sites is 1. The van der Waals surface area contributed by atoms with Gasteiger partial charge in [-0.05, 0) is 39.3 Å². The predicted molar refractivity (Wildman–Crippen MR) is 122 cm³/mol. The molecule has 2 rings (SSSR count).